The van der Waals surface area contributed by atoms with Crippen LogP contribution in [0.15, 0.2) is 40.3 Å². The maximum atomic E-state index is 11.8. The molecule has 16 heavy (non-hydrogen) atoms. The van der Waals surface area contributed by atoms with E-state index in [1.807, 2.05) is 36.6 Å². The fraction of sp³-hybridized carbons (Fsp3) is 0.273. The lowest BCUT2D eigenvalue weighted by atomic mass is 10.2. The van der Waals surface area contributed by atoms with E-state index in [1.165, 1.54) is 16.4 Å². The summed E-state index contributed by atoms with van der Waals surface area (Å²) in [6, 6.07) is 9.91. The molecule has 1 heterocycles. The average molecular weight is 235 g/mol. The van der Waals surface area contributed by atoms with Crippen molar-refractivity contribution in [2.75, 3.05) is 6.26 Å². The first kappa shape index (κ1) is 11.0. The normalized spacial score (nSPS) is 10.6. The van der Waals surface area contributed by atoms with E-state index in [-0.39, 0.29) is 5.69 Å². The van der Waals surface area contributed by atoms with Crippen molar-refractivity contribution >= 4 is 11.8 Å². The first-order chi connectivity index (χ1) is 7.72. The second-order valence-electron chi connectivity index (χ2n) is 3.46. The van der Waals surface area contributed by atoms with Gasteiger partial charge in [0.1, 0.15) is 0 Å². The highest BCUT2D eigenvalue weighted by molar-refractivity contribution is 7.98. The maximum Gasteiger partial charge on any atom is 0.346 e. The molecular weight excluding hydrogens is 222 g/mol. The van der Waals surface area contributed by atoms with Crippen molar-refractivity contribution in [3.8, 4) is 0 Å². The molecule has 1 aromatic heterocycles. The Kier molecular flexibility index (Phi) is 3.14. The third kappa shape index (κ3) is 2.04. The summed E-state index contributed by atoms with van der Waals surface area (Å²) in [6.45, 7) is 0.573. The molecule has 0 N–H and O–H groups in total. The number of hydrogen-bond acceptors (Lipinski definition) is 3. The molecular formula is C11H13N3OS. The molecule has 0 aliphatic carbocycles. The van der Waals surface area contributed by atoms with Gasteiger partial charge < -0.3 is 0 Å². The van der Waals surface area contributed by atoms with Crippen LogP contribution in [-0.4, -0.2) is 20.6 Å². The molecule has 84 valence electrons. The van der Waals surface area contributed by atoms with Crippen molar-refractivity contribution in [2.24, 2.45) is 7.05 Å². The summed E-state index contributed by atoms with van der Waals surface area (Å²) in [5.74, 6) is 0. The van der Waals surface area contributed by atoms with E-state index in [4.69, 9.17) is 0 Å². The monoisotopic (exact) mass is 235 g/mol. The fourth-order valence-corrected chi connectivity index (χ4v) is 2.10. The number of rotatable bonds is 3. The van der Waals surface area contributed by atoms with E-state index in [0.717, 1.165) is 10.7 Å². The smallest absolute Gasteiger partial charge is 0.266 e. The topological polar surface area (TPSA) is 39.8 Å². The van der Waals surface area contributed by atoms with Gasteiger partial charge in [0, 0.05) is 7.05 Å². The molecule has 2 aromatic rings. The van der Waals surface area contributed by atoms with E-state index >= 15 is 0 Å². The molecule has 0 radical (unpaired) electrons. The Bertz CT molecular complexity index is 530. The summed E-state index contributed by atoms with van der Waals surface area (Å²) < 4.78 is 3.05. The van der Waals surface area contributed by atoms with Crippen molar-refractivity contribution < 1.29 is 0 Å². The second kappa shape index (κ2) is 4.57. The minimum Gasteiger partial charge on any atom is -0.266 e. The zero-order chi connectivity index (χ0) is 11.5. The van der Waals surface area contributed by atoms with Crippen LogP contribution in [0.4, 0.5) is 0 Å². The summed E-state index contributed by atoms with van der Waals surface area (Å²) in [4.78, 5) is 11.8. The van der Waals surface area contributed by atoms with Crippen molar-refractivity contribution in [1.29, 1.82) is 0 Å². The van der Waals surface area contributed by atoms with Crippen molar-refractivity contribution in [3.63, 3.8) is 0 Å². The molecule has 0 fully saturated rings. The highest BCUT2D eigenvalue weighted by Gasteiger charge is 2.09. The van der Waals surface area contributed by atoms with Gasteiger partial charge in [-0.3, -0.25) is 4.57 Å². The largest absolute Gasteiger partial charge is 0.346 e. The maximum absolute atomic E-state index is 11.8. The molecule has 0 saturated carbocycles. The Morgan fingerprint density at radius 3 is 2.62 bits per heavy atom. The molecule has 4 nitrogen and oxygen atoms in total. The number of aryl methyl sites for hydroxylation is 1. The Labute approximate surface area is 97.9 Å². The van der Waals surface area contributed by atoms with Crippen molar-refractivity contribution in [3.05, 3.63) is 46.4 Å². The van der Waals surface area contributed by atoms with Gasteiger partial charge in [-0.2, -0.15) is 0 Å². The lowest BCUT2D eigenvalue weighted by Gasteiger charge is -2.03. The van der Waals surface area contributed by atoms with Crippen LogP contribution in [0.1, 0.15) is 5.56 Å². The van der Waals surface area contributed by atoms with E-state index in [2.05, 4.69) is 5.10 Å². The summed E-state index contributed by atoms with van der Waals surface area (Å²) >= 11 is 1.48. The fourth-order valence-electron chi connectivity index (χ4n) is 1.53. The van der Waals surface area contributed by atoms with E-state index in [0.29, 0.717) is 6.54 Å². The number of benzene rings is 1. The average Bonchev–Trinajstić information content (AvgIpc) is 2.58. The molecule has 0 spiro atoms. The molecule has 0 saturated heterocycles. The first-order valence-corrected chi connectivity index (χ1v) is 6.16. The third-order valence-corrected chi connectivity index (χ3v) is 3.01. The SMILES string of the molecule is CSc1nn(C)c(=O)n1Cc1ccccc1. The van der Waals surface area contributed by atoms with Gasteiger partial charge in [0.2, 0.25) is 0 Å². The molecule has 0 bridgehead atoms. The standard InChI is InChI=1S/C11H13N3OS/c1-13-11(15)14(10(12-13)16-2)8-9-6-4-3-5-7-9/h3-7H,8H2,1-2H3. The third-order valence-electron chi connectivity index (χ3n) is 2.34. The predicted octanol–water partition coefficient (Wildman–Crippen LogP) is 1.35. The Balaban J connectivity index is 2.38. The van der Waals surface area contributed by atoms with Crippen LogP contribution in [0.25, 0.3) is 0 Å². The minimum atomic E-state index is -0.0757. The molecule has 0 aliphatic rings. The zero-order valence-electron chi connectivity index (χ0n) is 9.25. The molecule has 0 unspecified atom stereocenters. The van der Waals surface area contributed by atoms with Crippen LogP contribution in [-0.2, 0) is 13.6 Å². The number of aromatic nitrogens is 3. The first-order valence-electron chi connectivity index (χ1n) is 4.94. The van der Waals surface area contributed by atoms with Gasteiger partial charge in [0.05, 0.1) is 6.54 Å². The van der Waals surface area contributed by atoms with Gasteiger partial charge in [-0.25, -0.2) is 9.48 Å². The van der Waals surface area contributed by atoms with Gasteiger partial charge in [-0.05, 0) is 11.8 Å². The summed E-state index contributed by atoms with van der Waals surface area (Å²) in [5, 5.41) is 4.90. The van der Waals surface area contributed by atoms with Crippen LogP contribution in [0.2, 0.25) is 0 Å². The van der Waals surface area contributed by atoms with Gasteiger partial charge in [-0.15, -0.1) is 5.10 Å². The molecule has 1 aromatic carbocycles. The highest BCUT2D eigenvalue weighted by atomic mass is 32.2. The summed E-state index contributed by atoms with van der Waals surface area (Å²) in [5.41, 5.74) is 1.03. The minimum absolute atomic E-state index is 0.0757. The number of nitrogens with zero attached hydrogens (tertiary/aromatic N) is 3. The van der Waals surface area contributed by atoms with Crippen LogP contribution < -0.4 is 5.69 Å². The van der Waals surface area contributed by atoms with E-state index in [9.17, 15) is 4.79 Å². The summed E-state index contributed by atoms with van der Waals surface area (Å²) in [6.07, 6.45) is 1.92. The van der Waals surface area contributed by atoms with Crippen molar-refractivity contribution in [2.45, 2.75) is 11.7 Å². The predicted molar refractivity (Wildman–Crippen MR) is 64.8 cm³/mol. The van der Waals surface area contributed by atoms with Crippen LogP contribution >= 0.6 is 11.8 Å². The zero-order valence-corrected chi connectivity index (χ0v) is 10.1. The molecule has 0 aliphatic heterocycles. The lowest BCUT2D eigenvalue weighted by Crippen LogP contribution is -2.23. The number of thioether (sulfide) groups is 1. The molecule has 5 heteroatoms. The van der Waals surface area contributed by atoms with E-state index < -0.39 is 0 Å². The van der Waals surface area contributed by atoms with Gasteiger partial charge in [0.15, 0.2) is 5.16 Å². The van der Waals surface area contributed by atoms with Gasteiger partial charge in [-0.1, -0.05) is 42.1 Å². The van der Waals surface area contributed by atoms with Crippen LogP contribution in [0, 0.1) is 0 Å². The molecule has 0 amide bonds. The summed E-state index contributed by atoms with van der Waals surface area (Å²) in [7, 11) is 1.67. The van der Waals surface area contributed by atoms with Crippen LogP contribution in [0.5, 0.6) is 0 Å². The lowest BCUT2D eigenvalue weighted by molar-refractivity contribution is 0.679. The van der Waals surface area contributed by atoms with Gasteiger partial charge in [0.25, 0.3) is 0 Å². The second-order valence-corrected chi connectivity index (χ2v) is 4.24. The Morgan fingerprint density at radius 2 is 2.00 bits per heavy atom. The Morgan fingerprint density at radius 1 is 1.31 bits per heavy atom. The van der Waals surface area contributed by atoms with Crippen molar-refractivity contribution in [1.82, 2.24) is 14.3 Å². The highest BCUT2D eigenvalue weighted by Crippen LogP contribution is 2.10. The van der Waals surface area contributed by atoms with E-state index in [1.54, 1.807) is 11.6 Å². The molecule has 0 atom stereocenters. The Hall–Kier alpha value is -1.49. The van der Waals surface area contributed by atoms with Crippen LogP contribution in [0.3, 0.4) is 0 Å². The number of hydrogen-bond donors (Lipinski definition) is 0. The van der Waals surface area contributed by atoms with Gasteiger partial charge >= 0.3 is 5.69 Å². The quantitative estimate of drug-likeness (QED) is 0.754. The molecule has 2 rings (SSSR count).